The van der Waals surface area contributed by atoms with Crippen LogP contribution in [0, 0.1) is 19.3 Å². The maximum atomic E-state index is 12.6. The van der Waals surface area contributed by atoms with Crippen LogP contribution in [0.1, 0.15) is 30.4 Å². The van der Waals surface area contributed by atoms with E-state index in [0.29, 0.717) is 38.3 Å². The summed E-state index contributed by atoms with van der Waals surface area (Å²) >= 11 is 0. The molecule has 1 fully saturated rings. The third-order valence-corrected chi connectivity index (χ3v) is 5.42. The highest BCUT2D eigenvalue weighted by Gasteiger charge is 2.43. The number of aliphatic hydroxyl groups excluding tert-OH is 2. The van der Waals surface area contributed by atoms with E-state index >= 15 is 0 Å². The summed E-state index contributed by atoms with van der Waals surface area (Å²) < 4.78 is 10.7. The summed E-state index contributed by atoms with van der Waals surface area (Å²) in [5, 5.41) is 20.3. The number of aliphatic hydroxyl groups is 2. The fraction of sp³-hybridized carbons (Fsp3) is 0.650. The Morgan fingerprint density at radius 3 is 2.77 bits per heavy atom. The molecular formula is C20H31NO5. The predicted octanol–water partition coefficient (Wildman–Crippen LogP) is 1.68. The number of methoxy groups -OCH3 is 1. The zero-order valence-electron chi connectivity index (χ0n) is 16.0. The van der Waals surface area contributed by atoms with Crippen LogP contribution in [0.2, 0.25) is 0 Å². The number of carbonyl (C=O) groups is 1. The topological polar surface area (TPSA) is 79.2 Å². The first-order valence-electron chi connectivity index (χ1n) is 9.17. The lowest BCUT2D eigenvalue weighted by Gasteiger charge is -2.45. The molecule has 6 nitrogen and oxygen atoms in total. The van der Waals surface area contributed by atoms with Gasteiger partial charge in [-0.1, -0.05) is 6.07 Å². The van der Waals surface area contributed by atoms with Gasteiger partial charge in [0.1, 0.15) is 5.75 Å². The average Bonchev–Trinajstić information content (AvgIpc) is 2.64. The van der Waals surface area contributed by atoms with Gasteiger partial charge in [-0.3, -0.25) is 4.79 Å². The summed E-state index contributed by atoms with van der Waals surface area (Å²) in [7, 11) is 1.63. The van der Waals surface area contributed by atoms with Crippen molar-refractivity contribution in [3.8, 4) is 5.75 Å². The van der Waals surface area contributed by atoms with Gasteiger partial charge in [0, 0.05) is 32.2 Å². The summed E-state index contributed by atoms with van der Waals surface area (Å²) in [6.07, 6.45) is 1.19. The Balaban J connectivity index is 1.96. The minimum Gasteiger partial charge on any atom is -0.484 e. The van der Waals surface area contributed by atoms with Gasteiger partial charge in [0.05, 0.1) is 12.7 Å². The number of benzene rings is 1. The maximum absolute atomic E-state index is 12.6. The van der Waals surface area contributed by atoms with Crippen LogP contribution in [0.3, 0.4) is 0 Å². The minimum atomic E-state index is -0.688. The number of aryl methyl sites for hydroxylation is 2. The van der Waals surface area contributed by atoms with Crippen LogP contribution in [-0.4, -0.2) is 67.1 Å². The number of nitrogens with zero attached hydrogens (tertiary/aromatic N) is 1. The first kappa shape index (κ1) is 20.7. The highest BCUT2D eigenvalue weighted by atomic mass is 16.5. The van der Waals surface area contributed by atoms with E-state index in [1.165, 1.54) is 5.56 Å². The van der Waals surface area contributed by atoms with Gasteiger partial charge >= 0.3 is 0 Å². The number of ether oxygens (including phenoxy) is 2. The Kier molecular flexibility index (Phi) is 7.43. The smallest absolute Gasteiger partial charge is 0.260 e. The normalized spacial score (nSPS) is 23.1. The molecule has 1 aromatic carbocycles. The molecule has 1 aliphatic rings. The third kappa shape index (κ3) is 4.96. The van der Waals surface area contributed by atoms with Gasteiger partial charge in [-0.15, -0.1) is 0 Å². The van der Waals surface area contributed by atoms with E-state index in [4.69, 9.17) is 9.47 Å². The van der Waals surface area contributed by atoms with Crippen molar-refractivity contribution in [3.63, 3.8) is 0 Å². The van der Waals surface area contributed by atoms with Gasteiger partial charge in [0.2, 0.25) is 0 Å². The second-order valence-electron chi connectivity index (χ2n) is 7.27. The highest BCUT2D eigenvalue weighted by Crippen LogP contribution is 2.34. The van der Waals surface area contributed by atoms with Crippen molar-refractivity contribution >= 4 is 5.91 Å². The van der Waals surface area contributed by atoms with E-state index in [2.05, 4.69) is 0 Å². The van der Waals surface area contributed by atoms with Crippen LogP contribution in [0.25, 0.3) is 0 Å². The van der Waals surface area contributed by atoms with E-state index in [1.807, 2.05) is 32.0 Å². The lowest BCUT2D eigenvalue weighted by Crippen LogP contribution is -2.56. The zero-order chi connectivity index (χ0) is 19.2. The van der Waals surface area contributed by atoms with Crippen molar-refractivity contribution in [1.82, 2.24) is 4.90 Å². The fourth-order valence-corrected chi connectivity index (χ4v) is 3.45. The van der Waals surface area contributed by atoms with Gasteiger partial charge in [-0.2, -0.15) is 0 Å². The summed E-state index contributed by atoms with van der Waals surface area (Å²) in [6.45, 7) is 5.22. The molecular weight excluding hydrogens is 334 g/mol. The van der Waals surface area contributed by atoms with Gasteiger partial charge in [-0.25, -0.2) is 0 Å². The maximum Gasteiger partial charge on any atom is 0.260 e. The third-order valence-electron chi connectivity index (χ3n) is 5.42. The minimum absolute atomic E-state index is 0.0435. The number of carbonyl (C=O) groups excluding carboxylic acids is 1. The largest absolute Gasteiger partial charge is 0.484 e. The molecule has 0 spiro atoms. The van der Waals surface area contributed by atoms with E-state index in [-0.39, 0.29) is 19.1 Å². The average molecular weight is 365 g/mol. The van der Waals surface area contributed by atoms with Gasteiger partial charge < -0.3 is 24.6 Å². The Labute approximate surface area is 155 Å². The summed E-state index contributed by atoms with van der Waals surface area (Å²) in [4.78, 5) is 14.3. The van der Waals surface area contributed by atoms with E-state index < -0.39 is 11.5 Å². The standard InChI is InChI=1S/C20H31NO5/c1-15-5-6-17(11-16(15)2)26-12-19(24)21-9-7-18(23)20(13-21,14-22)8-4-10-25-3/h5-6,11,18,22-23H,4,7-10,12-14H2,1-3H3/t18-,20+/m1/s1. The van der Waals surface area contributed by atoms with Crippen molar-refractivity contribution < 1.29 is 24.5 Å². The summed E-state index contributed by atoms with van der Waals surface area (Å²) in [6, 6.07) is 5.75. The molecule has 1 heterocycles. The van der Waals surface area contributed by atoms with Crippen molar-refractivity contribution in [2.45, 2.75) is 39.2 Å². The number of hydrogen-bond acceptors (Lipinski definition) is 5. The Morgan fingerprint density at radius 2 is 2.12 bits per heavy atom. The molecule has 1 aromatic rings. The molecule has 26 heavy (non-hydrogen) atoms. The molecule has 1 amide bonds. The second kappa shape index (κ2) is 9.35. The lowest BCUT2D eigenvalue weighted by molar-refractivity contribution is -0.144. The second-order valence-corrected chi connectivity index (χ2v) is 7.27. The van der Waals surface area contributed by atoms with Crippen LogP contribution >= 0.6 is 0 Å². The summed E-state index contributed by atoms with van der Waals surface area (Å²) in [5.74, 6) is 0.548. The molecule has 0 aliphatic carbocycles. The SMILES string of the molecule is COCCC[C@@]1(CO)CN(C(=O)COc2ccc(C)c(C)c2)CC[C@H]1O. The molecule has 0 unspecified atom stereocenters. The Bertz CT molecular complexity index is 606. The molecule has 0 radical (unpaired) electrons. The van der Waals surface area contributed by atoms with Gasteiger partial charge in [0.25, 0.3) is 5.91 Å². The van der Waals surface area contributed by atoms with E-state index in [9.17, 15) is 15.0 Å². The molecule has 6 heteroatoms. The molecule has 2 atom stereocenters. The number of likely N-dealkylation sites (tertiary alicyclic amines) is 1. The molecule has 0 saturated carbocycles. The van der Waals surface area contributed by atoms with Gasteiger partial charge in [0.15, 0.2) is 6.61 Å². The van der Waals surface area contributed by atoms with Crippen molar-refractivity contribution in [2.75, 3.05) is 40.0 Å². The molecule has 0 aromatic heterocycles. The van der Waals surface area contributed by atoms with E-state index in [0.717, 1.165) is 12.0 Å². The fourth-order valence-electron chi connectivity index (χ4n) is 3.45. The molecule has 0 bridgehead atoms. The molecule has 2 rings (SSSR count). The van der Waals surface area contributed by atoms with Crippen molar-refractivity contribution in [2.24, 2.45) is 5.41 Å². The van der Waals surface area contributed by atoms with Crippen LogP contribution in [0.4, 0.5) is 0 Å². The monoisotopic (exact) mass is 365 g/mol. The molecule has 2 N–H and O–H groups in total. The number of piperidine rings is 1. The van der Waals surface area contributed by atoms with Crippen LogP contribution in [0.5, 0.6) is 5.75 Å². The number of amides is 1. The quantitative estimate of drug-likeness (QED) is 0.685. The first-order chi connectivity index (χ1) is 12.4. The van der Waals surface area contributed by atoms with Crippen molar-refractivity contribution in [1.29, 1.82) is 0 Å². The van der Waals surface area contributed by atoms with Crippen LogP contribution in [0.15, 0.2) is 18.2 Å². The van der Waals surface area contributed by atoms with E-state index in [1.54, 1.807) is 12.0 Å². The Morgan fingerprint density at radius 1 is 1.35 bits per heavy atom. The van der Waals surface area contributed by atoms with Crippen LogP contribution in [-0.2, 0) is 9.53 Å². The zero-order valence-corrected chi connectivity index (χ0v) is 16.0. The highest BCUT2D eigenvalue weighted by molar-refractivity contribution is 5.78. The van der Waals surface area contributed by atoms with Crippen molar-refractivity contribution in [3.05, 3.63) is 29.3 Å². The van der Waals surface area contributed by atoms with Gasteiger partial charge in [-0.05, 0) is 56.4 Å². The number of hydrogen-bond donors (Lipinski definition) is 2. The summed E-state index contributed by atoms with van der Waals surface area (Å²) in [5.41, 5.74) is 1.61. The molecule has 146 valence electrons. The lowest BCUT2D eigenvalue weighted by atomic mass is 9.74. The number of rotatable bonds is 8. The predicted molar refractivity (Wildman–Crippen MR) is 99.2 cm³/mol. The molecule has 1 aliphatic heterocycles. The Hall–Kier alpha value is -1.63. The van der Waals surface area contributed by atoms with Crippen LogP contribution < -0.4 is 4.74 Å². The molecule has 1 saturated heterocycles. The first-order valence-corrected chi connectivity index (χ1v) is 9.17.